The summed E-state index contributed by atoms with van der Waals surface area (Å²) in [6, 6.07) is 5.20. The Morgan fingerprint density at radius 2 is 2.06 bits per heavy atom. The molecule has 0 saturated heterocycles. The van der Waals surface area contributed by atoms with Crippen molar-refractivity contribution in [1.29, 1.82) is 0 Å². The van der Waals surface area contributed by atoms with Crippen LogP contribution in [-0.2, 0) is 16.0 Å². The van der Waals surface area contributed by atoms with Crippen LogP contribution in [0.1, 0.15) is 21.5 Å². The molecule has 0 unspecified atom stereocenters. The number of aryl methyl sites for hydroxylation is 1. The van der Waals surface area contributed by atoms with E-state index in [9.17, 15) is 9.59 Å². The first-order valence-corrected chi connectivity index (χ1v) is 5.52. The topological polar surface area (TPSA) is 43.4 Å². The molecule has 0 N–H and O–H groups in total. The minimum absolute atomic E-state index is 0.0356. The Morgan fingerprint density at radius 1 is 1.38 bits per heavy atom. The van der Waals surface area contributed by atoms with Gasteiger partial charge in [-0.05, 0) is 30.2 Å². The molecule has 1 aromatic carbocycles. The van der Waals surface area contributed by atoms with Gasteiger partial charge in [0.25, 0.3) is 0 Å². The zero-order valence-corrected chi connectivity index (χ0v) is 10.2. The molecule has 0 aromatic heterocycles. The van der Waals surface area contributed by atoms with Crippen LogP contribution in [0.3, 0.4) is 0 Å². The number of esters is 1. The number of carbonyl (C=O) groups is 2. The van der Waals surface area contributed by atoms with Gasteiger partial charge in [-0.1, -0.05) is 6.07 Å². The third-order valence-electron chi connectivity index (χ3n) is 2.33. The normalized spacial score (nSPS) is 9.94. The number of carbonyl (C=O) groups excluding carboxylic acids is 2. The van der Waals surface area contributed by atoms with Crippen LogP contribution in [0.4, 0.5) is 0 Å². The van der Waals surface area contributed by atoms with Gasteiger partial charge in [-0.2, -0.15) is 12.6 Å². The van der Waals surface area contributed by atoms with Crippen molar-refractivity contribution in [2.24, 2.45) is 0 Å². The first kappa shape index (κ1) is 12.8. The Labute approximate surface area is 100 Å². The average molecular weight is 238 g/mol. The van der Waals surface area contributed by atoms with Crippen LogP contribution in [0.15, 0.2) is 18.2 Å². The molecule has 0 amide bonds. The summed E-state index contributed by atoms with van der Waals surface area (Å²) in [5.41, 5.74) is 2.31. The highest BCUT2D eigenvalue weighted by Crippen LogP contribution is 2.13. The van der Waals surface area contributed by atoms with E-state index in [0.29, 0.717) is 12.0 Å². The third kappa shape index (κ3) is 3.10. The Morgan fingerprint density at radius 3 is 2.62 bits per heavy atom. The number of ketones is 1. The van der Waals surface area contributed by atoms with Crippen LogP contribution >= 0.6 is 12.6 Å². The van der Waals surface area contributed by atoms with Crippen molar-refractivity contribution in [3.05, 3.63) is 34.9 Å². The zero-order chi connectivity index (χ0) is 12.1. The van der Waals surface area contributed by atoms with E-state index in [2.05, 4.69) is 17.4 Å². The molecule has 0 aliphatic carbocycles. The molecule has 0 heterocycles. The van der Waals surface area contributed by atoms with Gasteiger partial charge in [0.05, 0.1) is 12.7 Å². The fourth-order valence-corrected chi connectivity index (χ4v) is 1.49. The molecular formula is C12H14O3S. The number of rotatable bonds is 4. The van der Waals surface area contributed by atoms with Gasteiger partial charge in [-0.15, -0.1) is 0 Å². The zero-order valence-electron chi connectivity index (χ0n) is 9.32. The first-order valence-electron chi connectivity index (χ1n) is 4.89. The molecule has 4 heteroatoms. The van der Waals surface area contributed by atoms with Crippen molar-refractivity contribution in [2.75, 3.05) is 12.9 Å². The summed E-state index contributed by atoms with van der Waals surface area (Å²) in [5.74, 6) is -0.143. The Hall–Kier alpha value is -1.29. The second-order valence-electron chi connectivity index (χ2n) is 3.51. The second kappa shape index (κ2) is 5.70. The summed E-state index contributed by atoms with van der Waals surface area (Å²) in [6.07, 6.45) is 0.306. The van der Waals surface area contributed by atoms with Gasteiger partial charge in [0.2, 0.25) is 0 Å². The maximum Gasteiger partial charge on any atom is 0.337 e. The number of methoxy groups -OCH3 is 1. The predicted octanol–water partition coefficient (Wildman–Crippen LogP) is 1.82. The van der Waals surface area contributed by atoms with E-state index < -0.39 is 0 Å². The van der Waals surface area contributed by atoms with E-state index >= 15 is 0 Å². The lowest BCUT2D eigenvalue weighted by Gasteiger charge is -2.06. The lowest BCUT2D eigenvalue weighted by atomic mass is 10.0. The molecule has 0 radical (unpaired) electrons. The molecule has 1 rings (SSSR count). The largest absolute Gasteiger partial charge is 0.465 e. The van der Waals surface area contributed by atoms with Crippen LogP contribution in [0.2, 0.25) is 0 Å². The maximum atomic E-state index is 11.3. The van der Waals surface area contributed by atoms with Gasteiger partial charge in [-0.3, -0.25) is 4.79 Å². The summed E-state index contributed by atoms with van der Waals surface area (Å²) in [5, 5.41) is 0. The average Bonchev–Trinajstić information content (AvgIpc) is 2.30. The number of hydrogen-bond acceptors (Lipinski definition) is 4. The molecule has 0 spiro atoms. The first-order chi connectivity index (χ1) is 7.58. The van der Waals surface area contributed by atoms with Crippen LogP contribution < -0.4 is 0 Å². The van der Waals surface area contributed by atoms with E-state index in [4.69, 9.17) is 0 Å². The van der Waals surface area contributed by atoms with Crippen molar-refractivity contribution >= 4 is 24.4 Å². The summed E-state index contributed by atoms with van der Waals surface area (Å²) in [7, 11) is 1.33. The van der Waals surface area contributed by atoms with Gasteiger partial charge in [0.15, 0.2) is 0 Å². The highest BCUT2D eigenvalue weighted by molar-refractivity contribution is 7.81. The molecular weight excluding hydrogens is 224 g/mol. The molecule has 86 valence electrons. The number of ether oxygens (including phenoxy) is 1. The van der Waals surface area contributed by atoms with Crippen molar-refractivity contribution < 1.29 is 14.3 Å². The van der Waals surface area contributed by atoms with Gasteiger partial charge in [0.1, 0.15) is 5.78 Å². The molecule has 0 saturated carbocycles. The lowest BCUT2D eigenvalue weighted by molar-refractivity contribution is -0.115. The van der Waals surface area contributed by atoms with E-state index in [1.807, 2.05) is 13.0 Å². The van der Waals surface area contributed by atoms with Crippen molar-refractivity contribution in [1.82, 2.24) is 0 Å². The summed E-state index contributed by atoms with van der Waals surface area (Å²) in [4.78, 5) is 22.6. The summed E-state index contributed by atoms with van der Waals surface area (Å²) >= 11 is 3.92. The smallest absolute Gasteiger partial charge is 0.337 e. The van der Waals surface area contributed by atoms with Crippen LogP contribution in [0, 0.1) is 6.92 Å². The molecule has 16 heavy (non-hydrogen) atoms. The highest BCUT2D eigenvalue weighted by atomic mass is 32.1. The number of benzene rings is 1. The minimum Gasteiger partial charge on any atom is -0.465 e. The Balaban J connectivity index is 2.99. The number of hydrogen-bond donors (Lipinski definition) is 1. The van der Waals surface area contributed by atoms with Crippen LogP contribution in [-0.4, -0.2) is 24.6 Å². The van der Waals surface area contributed by atoms with Gasteiger partial charge in [0, 0.05) is 12.2 Å². The van der Waals surface area contributed by atoms with Gasteiger partial charge >= 0.3 is 5.97 Å². The molecule has 0 atom stereocenters. The lowest BCUT2D eigenvalue weighted by Crippen LogP contribution is -2.08. The van der Waals surface area contributed by atoms with Gasteiger partial charge < -0.3 is 4.74 Å². The molecule has 0 bridgehead atoms. The third-order valence-corrected chi connectivity index (χ3v) is 2.69. The second-order valence-corrected chi connectivity index (χ2v) is 3.82. The van der Waals surface area contributed by atoms with Crippen LogP contribution in [0.5, 0.6) is 0 Å². The monoisotopic (exact) mass is 238 g/mol. The van der Waals surface area contributed by atoms with Crippen LogP contribution in [0.25, 0.3) is 0 Å². The number of Topliss-reactive ketones (excluding diaryl/α,β-unsaturated/α-hetero) is 1. The van der Waals surface area contributed by atoms with Crippen molar-refractivity contribution in [3.63, 3.8) is 0 Å². The summed E-state index contributed by atoms with van der Waals surface area (Å²) < 4.78 is 4.62. The standard InChI is InChI=1S/C12H14O3S/c1-8-3-4-9(12(14)15-2)5-10(8)6-11(13)7-16/h3-5,16H,6-7H2,1-2H3. The van der Waals surface area contributed by atoms with E-state index in [0.717, 1.165) is 11.1 Å². The van der Waals surface area contributed by atoms with Crippen molar-refractivity contribution in [3.8, 4) is 0 Å². The molecule has 1 aromatic rings. The molecule has 3 nitrogen and oxygen atoms in total. The SMILES string of the molecule is COC(=O)c1ccc(C)c(CC(=O)CS)c1. The van der Waals surface area contributed by atoms with E-state index in [1.165, 1.54) is 7.11 Å². The Bertz CT molecular complexity index is 413. The molecule has 0 aliphatic heterocycles. The Kier molecular flexibility index (Phi) is 4.55. The minimum atomic E-state index is -0.389. The predicted molar refractivity (Wildman–Crippen MR) is 65.1 cm³/mol. The van der Waals surface area contributed by atoms with E-state index in [1.54, 1.807) is 12.1 Å². The fourth-order valence-electron chi connectivity index (χ4n) is 1.38. The summed E-state index contributed by atoms with van der Waals surface area (Å²) in [6.45, 7) is 1.90. The maximum absolute atomic E-state index is 11.3. The highest BCUT2D eigenvalue weighted by Gasteiger charge is 2.10. The molecule has 0 aliphatic rings. The van der Waals surface area contributed by atoms with E-state index in [-0.39, 0.29) is 17.5 Å². The quantitative estimate of drug-likeness (QED) is 0.643. The fraction of sp³-hybridized carbons (Fsp3) is 0.333. The van der Waals surface area contributed by atoms with Crippen molar-refractivity contribution in [2.45, 2.75) is 13.3 Å². The molecule has 0 fully saturated rings. The number of thiol groups is 1. The van der Waals surface area contributed by atoms with Gasteiger partial charge in [-0.25, -0.2) is 4.79 Å².